The van der Waals surface area contributed by atoms with Gasteiger partial charge in [0.25, 0.3) is 0 Å². The van der Waals surface area contributed by atoms with Crippen LogP contribution in [-0.4, -0.2) is 20.9 Å². The van der Waals surface area contributed by atoms with Crippen molar-refractivity contribution < 1.29 is 30.0 Å². The van der Waals surface area contributed by atoms with E-state index in [0.717, 1.165) is 48.2 Å². The van der Waals surface area contributed by atoms with Crippen molar-refractivity contribution in [2.24, 2.45) is 11.8 Å². The zero-order chi connectivity index (χ0) is 28.3. The van der Waals surface area contributed by atoms with Crippen LogP contribution in [0.15, 0.2) is 60.5 Å². The molecule has 1 radical (unpaired) electrons. The second-order valence-corrected chi connectivity index (χ2v) is 11.1. The van der Waals surface area contributed by atoms with Gasteiger partial charge in [-0.1, -0.05) is 76.8 Å². The van der Waals surface area contributed by atoms with Crippen LogP contribution in [0, 0.1) is 24.8 Å². The molecular weight excluding hydrogens is 673 g/mol. The number of carbonyl (C=O) groups is 1. The number of aromatic nitrogens is 2. The molecule has 2 aromatic carbocycles. The first kappa shape index (κ1) is 31.6. The third-order valence-corrected chi connectivity index (χ3v) is 8.34. The molecule has 0 aliphatic heterocycles. The molecule has 0 spiro atoms. The maximum Gasteiger partial charge on any atom is 0.162 e. The van der Waals surface area contributed by atoms with Gasteiger partial charge >= 0.3 is 0 Å². The minimum Gasteiger partial charge on any atom is -0.512 e. The standard InChI is InChI=1S/C22H17N2.C13H24O2.Ir/c1-13-10-11-15-18(24-13)12-23-21-16-8-4-6-14-7-5-9-17(19(14)16)22(2,3)20(15)21;1-5-10(6-2)12(14)9-13(15)11(7-3)8-4;/h4-7,9-12H,1-3H3;9-11,14H,5-8H2,1-4H3;/q-1;;/b;12-9-;. The second kappa shape index (κ2) is 13.2. The van der Waals surface area contributed by atoms with E-state index in [2.05, 4.69) is 61.3 Å². The summed E-state index contributed by atoms with van der Waals surface area (Å²) in [5, 5.41) is 13.5. The topological polar surface area (TPSA) is 63.1 Å². The molecule has 0 saturated carbocycles. The van der Waals surface area contributed by atoms with Gasteiger partial charge in [0.1, 0.15) is 0 Å². The number of ketones is 1. The van der Waals surface area contributed by atoms with E-state index in [1.54, 1.807) is 0 Å². The predicted octanol–water partition coefficient (Wildman–Crippen LogP) is 9.07. The van der Waals surface area contributed by atoms with Crippen LogP contribution < -0.4 is 0 Å². The van der Waals surface area contributed by atoms with Gasteiger partial charge in [0.05, 0.1) is 11.3 Å². The van der Waals surface area contributed by atoms with Crippen LogP contribution in [-0.2, 0) is 30.3 Å². The summed E-state index contributed by atoms with van der Waals surface area (Å²) in [6.07, 6.45) is 6.81. The molecule has 4 aromatic rings. The van der Waals surface area contributed by atoms with Crippen molar-refractivity contribution in [1.82, 2.24) is 9.97 Å². The van der Waals surface area contributed by atoms with Crippen molar-refractivity contribution in [2.45, 2.75) is 79.6 Å². The molecule has 2 aromatic heterocycles. The molecule has 213 valence electrons. The van der Waals surface area contributed by atoms with E-state index in [-0.39, 0.29) is 48.9 Å². The average molecular weight is 714 g/mol. The smallest absolute Gasteiger partial charge is 0.162 e. The van der Waals surface area contributed by atoms with Crippen LogP contribution in [0.1, 0.15) is 84.0 Å². The molecule has 0 unspecified atom stereocenters. The van der Waals surface area contributed by atoms with Gasteiger partial charge in [-0.05, 0) is 55.3 Å². The molecule has 40 heavy (non-hydrogen) atoms. The Hall–Kier alpha value is -2.88. The molecule has 0 fully saturated rings. The van der Waals surface area contributed by atoms with Gasteiger partial charge in [-0.2, -0.15) is 0 Å². The minimum absolute atomic E-state index is 0. The predicted molar refractivity (Wildman–Crippen MR) is 162 cm³/mol. The minimum atomic E-state index is -0.125. The summed E-state index contributed by atoms with van der Waals surface area (Å²) < 4.78 is 0. The van der Waals surface area contributed by atoms with E-state index in [1.807, 2.05) is 46.9 Å². The fraction of sp³-hybridized carbons (Fsp3) is 0.400. The van der Waals surface area contributed by atoms with Crippen LogP contribution in [0.2, 0.25) is 0 Å². The number of benzene rings is 2. The number of aryl methyl sites for hydroxylation is 1. The maximum atomic E-state index is 11.7. The van der Waals surface area contributed by atoms with Gasteiger partial charge in [0.2, 0.25) is 0 Å². The average Bonchev–Trinajstić information content (AvgIpc) is 2.92. The normalized spacial score (nSPS) is 13.6. The van der Waals surface area contributed by atoms with Gasteiger partial charge in [-0.25, -0.2) is 0 Å². The number of allylic oxidation sites excluding steroid dienone is 2. The SMILES string of the molecule is CCC(CC)C(=O)/C=C(\O)C(CC)CC.Cc1ccc2c3c(ncc2n1)-c1[c-]ccc2cccc(c12)C3(C)C.[Ir]. The van der Waals surface area contributed by atoms with E-state index in [9.17, 15) is 9.90 Å². The van der Waals surface area contributed by atoms with Crippen LogP contribution in [0.3, 0.4) is 0 Å². The first-order chi connectivity index (χ1) is 18.7. The quantitative estimate of drug-likeness (QED) is 0.118. The molecule has 1 aliphatic carbocycles. The molecular formula is C35H41IrN2O2-. The first-order valence-corrected chi connectivity index (χ1v) is 14.3. The Bertz CT molecular complexity index is 1530. The summed E-state index contributed by atoms with van der Waals surface area (Å²) in [6, 6.07) is 18.4. The Morgan fingerprint density at radius 3 is 2.33 bits per heavy atom. The summed E-state index contributed by atoms with van der Waals surface area (Å²) in [5.41, 5.74) is 6.62. The Morgan fingerprint density at radius 2 is 1.68 bits per heavy atom. The number of hydrogen-bond acceptors (Lipinski definition) is 4. The molecule has 0 amide bonds. The number of fused-ring (bicyclic) bond motifs is 4. The Morgan fingerprint density at radius 1 is 1.00 bits per heavy atom. The van der Waals surface area contributed by atoms with E-state index >= 15 is 0 Å². The Labute approximate surface area is 252 Å². The fourth-order valence-corrected chi connectivity index (χ4v) is 5.92. The molecule has 0 atom stereocenters. The molecule has 4 nitrogen and oxygen atoms in total. The molecule has 5 heteroatoms. The van der Waals surface area contributed by atoms with Crippen LogP contribution in [0.25, 0.3) is 32.9 Å². The molecule has 1 aliphatic rings. The number of aliphatic hydroxyl groups excluding tert-OH is 1. The maximum absolute atomic E-state index is 11.7. The van der Waals surface area contributed by atoms with E-state index < -0.39 is 0 Å². The summed E-state index contributed by atoms with van der Waals surface area (Å²) in [4.78, 5) is 21.2. The number of carbonyl (C=O) groups excluding carboxylic acids is 1. The third-order valence-electron chi connectivity index (χ3n) is 8.34. The van der Waals surface area contributed by atoms with E-state index in [0.29, 0.717) is 0 Å². The largest absolute Gasteiger partial charge is 0.512 e. The number of nitrogens with zero attached hydrogens (tertiary/aromatic N) is 2. The number of pyridine rings is 2. The van der Waals surface area contributed by atoms with Gasteiger partial charge in [0, 0.05) is 55.3 Å². The van der Waals surface area contributed by atoms with Gasteiger partial charge < -0.3 is 10.1 Å². The van der Waals surface area contributed by atoms with Crippen molar-refractivity contribution in [1.29, 1.82) is 0 Å². The molecule has 5 rings (SSSR count). The molecule has 0 bridgehead atoms. The summed E-state index contributed by atoms with van der Waals surface area (Å²) >= 11 is 0. The second-order valence-electron chi connectivity index (χ2n) is 11.1. The van der Waals surface area contributed by atoms with Crippen molar-refractivity contribution in [2.75, 3.05) is 0 Å². The van der Waals surface area contributed by atoms with Crippen LogP contribution in [0.4, 0.5) is 0 Å². The van der Waals surface area contributed by atoms with Crippen molar-refractivity contribution in [3.63, 3.8) is 0 Å². The summed E-state index contributed by atoms with van der Waals surface area (Å²) in [5.74, 6) is 0.547. The summed E-state index contributed by atoms with van der Waals surface area (Å²) in [6.45, 7) is 14.7. The van der Waals surface area contributed by atoms with Crippen molar-refractivity contribution in [3.8, 4) is 11.3 Å². The number of rotatable bonds is 7. The van der Waals surface area contributed by atoms with Gasteiger partial charge in [-0.3, -0.25) is 9.78 Å². The number of aliphatic hydroxyl groups is 1. The zero-order valence-corrected chi connectivity index (χ0v) is 27.2. The summed E-state index contributed by atoms with van der Waals surface area (Å²) in [7, 11) is 0. The molecule has 1 N–H and O–H groups in total. The molecule has 2 heterocycles. The Kier molecular flexibility index (Phi) is 10.4. The number of hydrogen-bond donors (Lipinski definition) is 1. The third kappa shape index (κ3) is 5.92. The molecule has 0 saturated heterocycles. The first-order valence-electron chi connectivity index (χ1n) is 14.3. The fourth-order valence-electron chi connectivity index (χ4n) is 5.92. The van der Waals surface area contributed by atoms with Crippen molar-refractivity contribution >= 4 is 27.5 Å². The Balaban J connectivity index is 0.000000243. The van der Waals surface area contributed by atoms with Crippen LogP contribution >= 0.6 is 0 Å². The van der Waals surface area contributed by atoms with Gasteiger partial charge in [-0.15, -0.1) is 29.1 Å². The monoisotopic (exact) mass is 714 g/mol. The van der Waals surface area contributed by atoms with Crippen LogP contribution in [0.5, 0.6) is 0 Å². The van der Waals surface area contributed by atoms with E-state index in [4.69, 9.17) is 4.98 Å². The van der Waals surface area contributed by atoms with Gasteiger partial charge in [0.15, 0.2) is 5.78 Å². The van der Waals surface area contributed by atoms with E-state index in [1.165, 1.54) is 33.4 Å². The zero-order valence-electron chi connectivity index (χ0n) is 24.8. The van der Waals surface area contributed by atoms with Crippen molar-refractivity contribution in [3.05, 3.63) is 83.4 Å².